The maximum absolute atomic E-state index is 5.61. The van der Waals surface area contributed by atoms with Gasteiger partial charge in [-0.05, 0) is 33.2 Å². The van der Waals surface area contributed by atoms with Gasteiger partial charge in [-0.15, -0.1) is 0 Å². The first-order chi connectivity index (χ1) is 11.6. The number of rotatable bonds is 6. The third-order valence-corrected chi connectivity index (χ3v) is 3.51. The Morgan fingerprint density at radius 3 is 2.67 bits per heavy atom. The number of nitrogens with one attached hydrogen (secondary N) is 2. The summed E-state index contributed by atoms with van der Waals surface area (Å²) >= 11 is 0. The van der Waals surface area contributed by atoms with Crippen molar-refractivity contribution in [2.75, 3.05) is 51.0 Å². The summed E-state index contributed by atoms with van der Waals surface area (Å²) in [6, 6.07) is 7.68. The molecule has 1 aliphatic heterocycles. The van der Waals surface area contributed by atoms with Crippen LogP contribution < -0.4 is 20.1 Å². The largest absolute Gasteiger partial charge is 0.486 e. The van der Waals surface area contributed by atoms with Gasteiger partial charge >= 0.3 is 0 Å². The zero-order valence-corrected chi connectivity index (χ0v) is 14.3. The Morgan fingerprint density at radius 1 is 1.08 bits per heavy atom. The van der Waals surface area contributed by atoms with Crippen LogP contribution in [0.2, 0.25) is 0 Å². The average molecular weight is 329 g/mol. The lowest BCUT2D eigenvalue weighted by Gasteiger charge is -2.19. The molecule has 1 aliphatic rings. The first kappa shape index (κ1) is 16.3. The van der Waals surface area contributed by atoms with Crippen LogP contribution >= 0.6 is 0 Å². The van der Waals surface area contributed by atoms with Crippen molar-refractivity contribution >= 4 is 17.5 Å². The Kier molecular flexibility index (Phi) is 5.00. The van der Waals surface area contributed by atoms with E-state index < -0.39 is 0 Å². The fraction of sp³-hybridized carbons (Fsp3) is 0.412. The van der Waals surface area contributed by atoms with Gasteiger partial charge in [0.05, 0.1) is 0 Å². The highest BCUT2D eigenvalue weighted by Gasteiger charge is 2.12. The lowest BCUT2D eigenvalue weighted by molar-refractivity contribution is 0.171. The topological polar surface area (TPSA) is 71.5 Å². The van der Waals surface area contributed by atoms with Gasteiger partial charge in [-0.1, -0.05) is 0 Å². The molecule has 1 aromatic carbocycles. The van der Waals surface area contributed by atoms with Gasteiger partial charge < -0.3 is 25.0 Å². The van der Waals surface area contributed by atoms with Crippen molar-refractivity contribution in [1.29, 1.82) is 0 Å². The number of nitrogens with zero attached hydrogens (tertiary/aromatic N) is 3. The summed E-state index contributed by atoms with van der Waals surface area (Å²) < 4.78 is 11.1. The lowest BCUT2D eigenvalue weighted by atomic mass is 10.2. The Balaban J connectivity index is 1.71. The number of likely N-dealkylation sites (N-methyl/N-ethyl adjacent to an activating group) is 1. The van der Waals surface area contributed by atoms with E-state index in [9.17, 15) is 0 Å². The quantitative estimate of drug-likeness (QED) is 0.842. The molecule has 2 aromatic rings. The summed E-state index contributed by atoms with van der Waals surface area (Å²) in [6.07, 6.45) is 0. The number of hydrogen-bond donors (Lipinski definition) is 2. The third kappa shape index (κ3) is 4.26. The van der Waals surface area contributed by atoms with E-state index in [-0.39, 0.29) is 0 Å². The minimum Gasteiger partial charge on any atom is -0.486 e. The van der Waals surface area contributed by atoms with Crippen LogP contribution in [0.15, 0.2) is 24.3 Å². The van der Waals surface area contributed by atoms with Crippen LogP contribution in [-0.4, -0.2) is 55.3 Å². The maximum Gasteiger partial charge on any atom is 0.224 e. The molecule has 0 unspecified atom stereocenters. The molecule has 0 spiro atoms. The predicted molar refractivity (Wildman–Crippen MR) is 94.5 cm³/mol. The second-order valence-electron chi connectivity index (χ2n) is 5.93. The second kappa shape index (κ2) is 7.35. The summed E-state index contributed by atoms with van der Waals surface area (Å²) in [5.74, 6) is 2.89. The monoisotopic (exact) mass is 329 g/mol. The number of anilines is 3. The van der Waals surface area contributed by atoms with Crippen LogP contribution in [0.25, 0.3) is 0 Å². The molecule has 0 saturated carbocycles. The highest BCUT2D eigenvalue weighted by Crippen LogP contribution is 2.33. The zero-order chi connectivity index (χ0) is 16.9. The van der Waals surface area contributed by atoms with Gasteiger partial charge in [0.25, 0.3) is 0 Å². The van der Waals surface area contributed by atoms with E-state index in [2.05, 4.69) is 25.5 Å². The van der Waals surface area contributed by atoms with Crippen molar-refractivity contribution in [2.24, 2.45) is 0 Å². The maximum atomic E-state index is 5.61. The van der Waals surface area contributed by atoms with E-state index in [0.717, 1.165) is 41.8 Å². The van der Waals surface area contributed by atoms with Crippen molar-refractivity contribution in [2.45, 2.75) is 6.92 Å². The first-order valence-electron chi connectivity index (χ1n) is 8.01. The Morgan fingerprint density at radius 2 is 1.88 bits per heavy atom. The summed E-state index contributed by atoms with van der Waals surface area (Å²) in [6.45, 7) is 4.83. The standard InChI is InChI=1S/C17H23N5O2/c1-12-10-16(21-17(19-12)18-6-7-22(2)3)20-13-4-5-14-15(11-13)24-9-8-23-14/h4-5,10-11H,6-9H2,1-3H3,(H2,18,19,20,21). The number of hydrogen-bond acceptors (Lipinski definition) is 7. The van der Waals surface area contributed by atoms with E-state index in [4.69, 9.17) is 9.47 Å². The van der Waals surface area contributed by atoms with Crippen LogP contribution in [-0.2, 0) is 0 Å². The minimum absolute atomic E-state index is 0.572. The SMILES string of the molecule is Cc1cc(Nc2ccc3c(c2)OCCO3)nc(NCCN(C)C)n1. The fourth-order valence-electron chi connectivity index (χ4n) is 2.37. The molecule has 0 saturated heterocycles. The van der Waals surface area contributed by atoms with Gasteiger partial charge in [0.2, 0.25) is 5.95 Å². The number of benzene rings is 1. The van der Waals surface area contributed by atoms with E-state index in [1.54, 1.807) is 0 Å². The summed E-state index contributed by atoms with van der Waals surface area (Å²) in [7, 11) is 4.07. The van der Waals surface area contributed by atoms with E-state index in [1.807, 2.05) is 45.3 Å². The molecule has 2 heterocycles. The van der Waals surface area contributed by atoms with E-state index in [0.29, 0.717) is 19.2 Å². The molecule has 0 aliphatic carbocycles. The highest BCUT2D eigenvalue weighted by atomic mass is 16.6. The smallest absolute Gasteiger partial charge is 0.224 e. The van der Waals surface area contributed by atoms with Crippen molar-refractivity contribution in [1.82, 2.24) is 14.9 Å². The summed E-state index contributed by atoms with van der Waals surface area (Å²) in [5.41, 5.74) is 1.80. The molecule has 2 N–H and O–H groups in total. The van der Waals surface area contributed by atoms with E-state index >= 15 is 0 Å². The summed E-state index contributed by atoms with van der Waals surface area (Å²) in [4.78, 5) is 11.0. The van der Waals surface area contributed by atoms with Gasteiger partial charge in [0.15, 0.2) is 11.5 Å². The minimum atomic E-state index is 0.572. The van der Waals surface area contributed by atoms with Crippen molar-refractivity contribution in [3.63, 3.8) is 0 Å². The highest BCUT2D eigenvalue weighted by molar-refractivity contribution is 5.62. The van der Waals surface area contributed by atoms with Crippen LogP contribution in [0.1, 0.15) is 5.69 Å². The normalized spacial score (nSPS) is 13.0. The molecule has 0 amide bonds. The molecular formula is C17H23N5O2. The number of fused-ring (bicyclic) bond motifs is 1. The van der Waals surface area contributed by atoms with E-state index in [1.165, 1.54) is 0 Å². The first-order valence-corrected chi connectivity index (χ1v) is 8.01. The van der Waals surface area contributed by atoms with Crippen molar-refractivity contribution < 1.29 is 9.47 Å². The predicted octanol–water partition coefficient (Wildman–Crippen LogP) is 2.27. The third-order valence-electron chi connectivity index (χ3n) is 3.51. The molecular weight excluding hydrogens is 306 g/mol. The molecule has 0 radical (unpaired) electrons. The molecule has 3 rings (SSSR count). The molecule has 0 atom stereocenters. The Bertz CT molecular complexity index is 705. The molecule has 7 nitrogen and oxygen atoms in total. The lowest BCUT2D eigenvalue weighted by Crippen LogP contribution is -2.21. The molecule has 0 fully saturated rings. The Hall–Kier alpha value is -2.54. The van der Waals surface area contributed by atoms with Gasteiger partial charge in [-0.2, -0.15) is 4.98 Å². The van der Waals surface area contributed by atoms with Gasteiger partial charge in [-0.3, -0.25) is 0 Å². The number of ether oxygens (including phenoxy) is 2. The van der Waals surface area contributed by atoms with Gasteiger partial charge in [0, 0.05) is 36.6 Å². The van der Waals surface area contributed by atoms with Crippen LogP contribution in [0.3, 0.4) is 0 Å². The van der Waals surface area contributed by atoms with Gasteiger partial charge in [0.1, 0.15) is 19.0 Å². The van der Waals surface area contributed by atoms with Crippen LogP contribution in [0.5, 0.6) is 11.5 Å². The average Bonchev–Trinajstić information content (AvgIpc) is 2.54. The number of aryl methyl sites for hydroxylation is 1. The zero-order valence-electron chi connectivity index (χ0n) is 14.3. The van der Waals surface area contributed by atoms with Crippen molar-refractivity contribution in [3.8, 4) is 11.5 Å². The molecule has 0 bridgehead atoms. The number of aromatic nitrogens is 2. The molecule has 128 valence electrons. The second-order valence-corrected chi connectivity index (χ2v) is 5.93. The van der Waals surface area contributed by atoms with Crippen LogP contribution in [0.4, 0.5) is 17.5 Å². The van der Waals surface area contributed by atoms with Gasteiger partial charge in [-0.25, -0.2) is 4.98 Å². The van der Waals surface area contributed by atoms with Crippen molar-refractivity contribution in [3.05, 3.63) is 30.0 Å². The summed E-state index contributed by atoms with van der Waals surface area (Å²) in [5, 5.41) is 6.54. The molecule has 1 aromatic heterocycles. The molecule has 24 heavy (non-hydrogen) atoms. The Labute approximate surface area is 142 Å². The van der Waals surface area contributed by atoms with Crippen LogP contribution in [0, 0.1) is 6.92 Å². The molecule has 7 heteroatoms. The fourth-order valence-corrected chi connectivity index (χ4v) is 2.37.